The zero-order valence-electron chi connectivity index (χ0n) is 18.5. The lowest BCUT2D eigenvalue weighted by Gasteiger charge is -2.08. The van der Waals surface area contributed by atoms with Gasteiger partial charge >= 0.3 is 0 Å². The summed E-state index contributed by atoms with van der Waals surface area (Å²) in [4.78, 5) is 20.7. The third-order valence-electron chi connectivity index (χ3n) is 5.07. The average Bonchev–Trinajstić information content (AvgIpc) is 3.53. The van der Waals surface area contributed by atoms with Gasteiger partial charge in [0, 0.05) is 23.2 Å². The van der Waals surface area contributed by atoms with Crippen LogP contribution in [0.5, 0.6) is 5.75 Å². The van der Waals surface area contributed by atoms with Crippen molar-refractivity contribution in [2.45, 2.75) is 20.5 Å². The molecule has 0 atom stereocenters. The Balaban J connectivity index is 1.28. The molecule has 0 bridgehead atoms. The summed E-state index contributed by atoms with van der Waals surface area (Å²) in [5.41, 5.74) is 3.99. The van der Waals surface area contributed by atoms with Gasteiger partial charge in [-0.3, -0.25) is 15.1 Å². The number of rotatable bonds is 7. The number of hydrogen-bond donors (Lipinski definition) is 2. The standard InChI is InChI=1S/C23H21N9O2/c1-14(2)22(33)26-23-25-20-5-3-4-19(32(20)29-23)16-7-9-17(10-8-16)34-13-15-6-11-18(24-12-15)21-27-30-31-28-21/h3-12,14H,13H2,1-2H3,(H,26,29,33)(H,27,28,30,31). The number of tetrazole rings is 1. The van der Waals surface area contributed by atoms with E-state index in [-0.39, 0.29) is 17.8 Å². The molecule has 2 N–H and O–H groups in total. The molecular weight excluding hydrogens is 434 g/mol. The quantitative estimate of drug-likeness (QED) is 0.382. The van der Waals surface area contributed by atoms with Gasteiger partial charge in [0.1, 0.15) is 18.1 Å². The molecule has 1 aromatic carbocycles. The van der Waals surface area contributed by atoms with E-state index in [0.29, 0.717) is 23.8 Å². The second-order valence-corrected chi connectivity index (χ2v) is 7.86. The van der Waals surface area contributed by atoms with Gasteiger partial charge in [-0.2, -0.15) is 10.2 Å². The second kappa shape index (κ2) is 9.06. The van der Waals surface area contributed by atoms with Crippen molar-refractivity contribution in [3.63, 3.8) is 0 Å². The lowest BCUT2D eigenvalue weighted by atomic mass is 10.1. The fraction of sp³-hybridized carbons (Fsp3) is 0.174. The number of amides is 1. The van der Waals surface area contributed by atoms with E-state index in [9.17, 15) is 4.79 Å². The number of fused-ring (bicyclic) bond motifs is 1. The molecule has 34 heavy (non-hydrogen) atoms. The Morgan fingerprint density at radius 2 is 1.97 bits per heavy atom. The molecule has 1 amide bonds. The number of carbonyl (C=O) groups excluding carboxylic acids is 1. The summed E-state index contributed by atoms with van der Waals surface area (Å²) in [7, 11) is 0. The van der Waals surface area contributed by atoms with Crippen LogP contribution in [0.15, 0.2) is 60.8 Å². The molecule has 0 aliphatic heterocycles. The van der Waals surface area contributed by atoms with E-state index >= 15 is 0 Å². The van der Waals surface area contributed by atoms with Crippen LogP contribution in [0.3, 0.4) is 0 Å². The van der Waals surface area contributed by atoms with Crippen LogP contribution in [0.25, 0.3) is 28.4 Å². The second-order valence-electron chi connectivity index (χ2n) is 7.86. The van der Waals surface area contributed by atoms with Crippen molar-refractivity contribution < 1.29 is 9.53 Å². The molecule has 4 aromatic heterocycles. The molecule has 4 heterocycles. The Bertz CT molecular complexity index is 1410. The van der Waals surface area contributed by atoms with Crippen molar-refractivity contribution in [3.8, 4) is 28.5 Å². The Hall–Kier alpha value is -4.67. The highest BCUT2D eigenvalue weighted by atomic mass is 16.5. The first kappa shape index (κ1) is 21.2. The van der Waals surface area contributed by atoms with Crippen LogP contribution in [0.4, 0.5) is 5.95 Å². The molecule has 5 aromatic rings. The summed E-state index contributed by atoms with van der Waals surface area (Å²) in [5, 5.41) is 21.0. The van der Waals surface area contributed by atoms with E-state index in [2.05, 4.69) is 41.0 Å². The summed E-state index contributed by atoms with van der Waals surface area (Å²) >= 11 is 0. The van der Waals surface area contributed by atoms with Crippen molar-refractivity contribution in [2.75, 3.05) is 5.32 Å². The van der Waals surface area contributed by atoms with Crippen LogP contribution in [0, 0.1) is 5.92 Å². The monoisotopic (exact) mass is 455 g/mol. The van der Waals surface area contributed by atoms with Crippen LogP contribution in [0.1, 0.15) is 19.4 Å². The van der Waals surface area contributed by atoms with Crippen LogP contribution in [-0.2, 0) is 11.4 Å². The highest BCUT2D eigenvalue weighted by Crippen LogP contribution is 2.24. The third kappa shape index (κ3) is 4.44. The molecule has 11 heteroatoms. The van der Waals surface area contributed by atoms with E-state index in [1.165, 1.54) is 0 Å². The van der Waals surface area contributed by atoms with Crippen molar-refractivity contribution in [1.82, 2.24) is 40.2 Å². The first-order valence-electron chi connectivity index (χ1n) is 10.7. The van der Waals surface area contributed by atoms with Crippen molar-refractivity contribution in [2.24, 2.45) is 5.92 Å². The maximum atomic E-state index is 12.0. The molecule has 0 aliphatic carbocycles. The molecule has 11 nitrogen and oxygen atoms in total. The topological polar surface area (TPSA) is 136 Å². The minimum absolute atomic E-state index is 0.126. The minimum atomic E-state index is -0.155. The number of aromatic amines is 1. The third-order valence-corrected chi connectivity index (χ3v) is 5.07. The SMILES string of the molecule is CC(C)C(=O)Nc1nc2cccc(-c3ccc(OCc4ccc(-c5nn[nH]n5)nc4)cc3)n2n1. The lowest BCUT2D eigenvalue weighted by molar-refractivity contribution is -0.118. The summed E-state index contributed by atoms with van der Waals surface area (Å²) in [6.07, 6.45) is 1.72. The lowest BCUT2D eigenvalue weighted by Crippen LogP contribution is -2.18. The van der Waals surface area contributed by atoms with Gasteiger partial charge in [-0.1, -0.05) is 26.0 Å². The van der Waals surface area contributed by atoms with Crippen molar-refractivity contribution in [1.29, 1.82) is 0 Å². The number of aromatic nitrogens is 8. The number of pyridine rings is 2. The maximum Gasteiger partial charge on any atom is 0.249 e. The number of ether oxygens (including phenoxy) is 1. The number of H-pyrrole nitrogens is 1. The number of anilines is 1. The largest absolute Gasteiger partial charge is 0.489 e. The molecule has 0 saturated carbocycles. The number of carbonyl (C=O) groups is 1. The molecule has 0 radical (unpaired) electrons. The smallest absolute Gasteiger partial charge is 0.249 e. The fourth-order valence-corrected chi connectivity index (χ4v) is 3.23. The van der Waals surface area contributed by atoms with E-state index in [0.717, 1.165) is 22.6 Å². The average molecular weight is 455 g/mol. The van der Waals surface area contributed by atoms with Gasteiger partial charge < -0.3 is 4.74 Å². The van der Waals surface area contributed by atoms with Crippen LogP contribution < -0.4 is 10.1 Å². The molecule has 0 unspecified atom stereocenters. The first-order valence-corrected chi connectivity index (χ1v) is 10.7. The predicted molar refractivity (Wildman–Crippen MR) is 124 cm³/mol. The fourth-order valence-electron chi connectivity index (χ4n) is 3.23. The van der Waals surface area contributed by atoms with E-state index in [4.69, 9.17) is 4.74 Å². The van der Waals surface area contributed by atoms with Crippen LogP contribution in [-0.4, -0.2) is 46.1 Å². The molecule has 170 valence electrons. The van der Waals surface area contributed by atoms with E-state index in [1.54, 1.807) is 10.7 Å². The van der Waals surface area contributed by atoms with Gasteiger partial charge in [-0.05, 0) is 47.7 Å². The summed E-state index contributed by atoms with van der Waals surface area (Å²) in [5.74, 6) is 1.17. The zero-order valence-corrected chi connectivity index (χ0v) is 18.5. The van der Waals surface area contributed by atoms with E-state index in [1.807, 2.05) is 68.4 Å². The number of hydrogen-bond acceptors (Lipinski definition) is 8. The molecule has 5 rings (SSSR count). The molecule has 0 fully saturated rings. The molecule has 0 saturated heterocycles. The van der Waals surface area contributed by atoms with Crippen molar-refractivity contribution in [3.05, 3.63) is 66.4 Å². The summed E-state index contributed by atoms with van der Waals surface area (Å²) < 4.78 is 7.61. The highest BCUT2D eigenvalue weighted by molar-refractivity contribution is 5.90. The van der Waals surface area contributed by atoms with Gasteiger partial charge in [0.15, 0.2) is 5.65 Å². The van der Waals surface area contributed by atoms with Gasteiger partial charge in [0.05, 0.1) is 5.69 Å². The normalized spacial score (nSPS) is 11.1. The highest BCUT2D eigenvalue weighted by Gasteiger charge is 2.13. The predicted octanol–water partition coefficient (Wildman–Crippen LogP) is 3.14. The molecule has 0 aliphatic rings. The Kier molecular flexibility index (Phi) is 5.65. The van der Waals surface area contributed by atoms with E-state index < -0.39 is 0 Å². The van der Waals surface area contributed by atoms with Gasteiger partial charge in [-0.25, -0.2) is 4.52 Å². The number of nitrogens with zero attached hydrogens (tertiary/aromatic N) is 7. The Labute approximate surface area is 194 Å². The Morgan fingerprint density at radius 1 is 1.12 bits per heavy atom. The molecular formula is C23H21N9O2. The maximum absolute atomic E-state index is 12.0. The van der Waals surface area contributed by atoms with Gasteiger partial charge in [0.2, 0.25) is 17.7 Å². The van der Waals surface area contributed by atoms with Gasteiger partial charge in [0.25, 0.3) is 0 Å². The number of benzene rings is 1. The van der Waals surface area contributed by atoms with Gasteiger partial charge in [-0.15, -0.1) is 15.3 Å². The first-order chi connectivity index (χ1) is 16.6. The number of nitrogens with one attached hydrogen (secondary N) is 2. The molecule has 0 spiro atoms. The minimum Gasteiger partial charge on any atom is -0.489 e. The summed E-state index contributed by atoms with van der Waals surface area (Å²) in [6.45, 7) is 4.01. The van der Waals surface area contributed by atoms with Crippen molar-refractivity contribution >= 4 is 17.5 Å². The Morgan fingerprint density at radius 3 is 2.68 bits per heavy atom. The summed E-state index contributed by atoms with van der Waals surface area (Å²) in [6, 6.07) is 17.1. The van der Waals surface area contributed by atoms with Crippen LogP contribution >= 0.6 is 0 Å². The van der Waals surface area contributed by atoms with Crippen LogP contribution in [0.2, 0.25) is 0 Å². The zero-order chi connectivity index (χ0) is 23.5.